The van der Waals surface area contributed by atoms with Gasteiger partial charge in [-0.25, -0.2) is 18.1 Å². The molecule has 11 nitrogen and oxygen atoms in total. The van der Waals surface area contributed by atoms with Crippen molar-refractivity contribution in [2.75, 3.05) is 19.2 Å². The minimum absolute atomic E-state index is 0.0179. The van der Waals surface area contributed by atoms with Crippen LogP contribution in [0, 0.1) is 0 Å². The van der Waals surface area contributed by atoms with Gasteiger partial charge in [-0.2, -0.15) is 0 Å². The molecule has 7 rings (SSSR count). The minimum atomic E-state index is -4.15. The lowest BCUT2D eigenvalue weighted by molar-refractivity contribution is -0.126. The highest BCUT2D eigenvalue weighted by molar-refractivity contribution is 7.89. The van der Waals surface area contributed by atoms with E-state index in [4.69, 9.17) is 14.2 Å². The van der Waals surface area contributed by atoms with Gasteiger partial charge in [0.15, 0.2) is 11.5 Å². The monoisotopic (exact) mass is 662 g/mol. The predicted octanol–water partition coefficient (Wildman–Crippen LogP) is 4.92. The van der Waals surface area contributed by atoms with Crippen LogP contribution < -0.4 is 29.6 Å². The molecule has 2 atom stereocenters. The normalized spacial score (nSPS) is 15.9. The van der Waals surface area contributed by atoms with Crippen molar-refractivity contribution in [2.45, 2.75) is 23.5 Å². The van der Waals surface area contributed by atoms with Crippen LogP contribution in [0.15, 0.2) is 119 Å². The van der Waals surface area contributed by atoms with Gasteiger partial charge in [-0.05, 0) is 58.8 Å². The van der Waals surface area contributed by atoms with Crippen LogP contribution in [0.25, 0.3) is 10.8 Å². The maximum atomic E-state index is 13.8. The van der Waals surface area contributed by atoms with E-state index >= 15 is 0 Å². The number of para-hydroxylation sites is 1. The molecule has 2 aliphatic heterocycles. The first-order valence-corrected chi connectivity index (χ1v) is 16.6. The average Bonchev–Trinajstić information content (AvgIpc) is 3.53. The number of benzene rings is 5. The summed E-state index contributed by atoms with van der Waals surface area (Å²) in [4.78, 5) is 31.8. The van der Waals surface area contributed by atoms with E-state index in [-0.39, 0.29) is 18.1 Å². The van der Waals surface area contributed by atoms with Crippen LogP contribution in [0.4, 0.5) is 5.69 Å². The molecule has 5 aromatic carbocycles. The van der Waals surface area contributed by atoms with Crippen molar-refractivity contribution in [2.24, 2.45) is 4.99 Å². The molecule has 0 aromatic heterocycles. The fourth-order valence-corrected chi connectivity index (χ4v) is 6.95. The number of nitrogens with zero attached hydrogens (tertiary/aromatic N) is 1. The van der Waals surface area contributed by atoms with Gasteiger partial charge in [-0.3, -0.25) is 9.59 Å². The Morgan fingerprint density at radius 1 is 0.917 bits per heavy atom. The lowest BCUT2D eigenvalue weighted by Crippen LogP contribution is -2.43. The number of anilines is 1. The number of fused-ring (bicyclic) bond motifs is 3. The summed E-state index contributed by atoms with van der Waals surface area (Å²) in [6, 6.07) is 30.6. The van der Waals surface area contributed by atoms with Crippen LogP contribution in [0.5, 0.6) is 17.2 Å². The molecule has 0 saturated carbocycles. The molecule has 2 amide bonds. The van der Waals surface area contributed by atoms with Gasteiger partial charge in [0.1, 0.15) is 5.75 Å². The lowest BCUT2D eigenvalue weighted by Gasteiger charge is -2.21. The zero-order valence-corrected chi connectivity index (χ0v) is 26.5. The van der Waals surface area contributed by atoms with E-state index < -0.39 is 34.0 Å². The number of nitrogens with one attached hydrogen (secondary N) is 3. The predicted molar refractivity (Wildman–Crippen MR) is 180 cm³/mol. The van der Waals surface area contributed by atoms with Crippen LogP contribution in [0.3, 0.4) is 0 Å². The Bertz CT molecular complexity index is 2190. The number of rotatable bonds is 9. The van der Waals surface area contributed by atoms with Crippen molar-refractivity contribution < 1.29 is 32.2 Å². The SMILES string of the molecule is COc1ccc2cc(S(=O)(=O)NC(CC(=O)NC3N=C(c4ccccc4)c4ccccc4NC3=O)c3ccc4c(c3)OCO4)ccc2c1. The number of hydrogen-bond acceptors (Lipinski definition) is 8. The third-order valence-electron chi connectivity index (χ3n) is 8.11. The number of aliphatic imine (C=N–C) groups is 1. The maximum Gasteiger partial charge on any atom is 0.269 e. The van der Waals surface area contributed by atoms with E-state index in [1.54, 1.807) is 61.7 Å². The highest BCUT2D eigenvalue weighted by Gasteiger charge is 2.30. The molecule has 0 spiro atoms. The van der Waals surface area contributed by atoms with Crippen LogP contribution in [0.1, 0.15) is 29.2 Å². The third kappa shape index (κ3) is 6.31. The summed E-state index contributed by atoms with van der Waals surface area (Å²) in [5.74, 6) is 0.446. The molecule has 2 aliphatic rings. The molecule has 2 unspecified atom stereocenters. The number of sulfonamides is 1. The van der Waals surface area contributed by atoms with E-state index in [1.165, 1.54) is 6.07 Å². The van der Waals surface area contributed by atoms with Crippen molar-refractivity contribution in [3.05, 3.63) is 126 Å². The summed E-state index contributed by atoms with van der Waals surface area (Å²) in [7, 11) is -2.58. The summed E-state index contributed by atoms with van der Waals surface area (Å²) in [5, 5.41) is 7.07. The third-order valence-corrected chi connectivity index (χ3v) is 9.58. The molecular formula is C36H30N4O7S. The molecule has 0 fully saturated rings. The molecular weight excluding hydrogens is 632 g/mol. The Labute approximate surface area is 276 Å². The fraction of sp³-hybridized carbons (Fsp3) is 0.139. The number of ether oxygens (including phenoxy) is 3. The zero-order valence-electron chi connectivity index (χ0n) is 25.7. The van der Waals surface area contributed by atoms with Crippen molar-refractivity contribution in [1.29, 1.82) is 0 Å². The van der Waals surface area contributed by atoms with Crippen LogP contribution in [-0.2, 0) is 19.6 Å². The van der Waals surface area contributed by atoms with Gasteiger partial charge in [-0.15, -0.1) is 0 Å². The van der Waals surface area contributed by atoms with E-state index in [1.807, 2.05) is 48.5 Å². The molecule has 5 aromatic rings. The summed E-state index contributed by atoms with van der Waals surface area (Å²) >= 11 is 0. The molecule has 0 saturated heterocycles. The number of methoxy groups -OCH3 is 1. The standard InChI is InChI=1S/C36H30N4O7S/c1-45-26-14-11-24-18-27(15-12-23(24)17-26)48(43,44)40-30(25-13-16-31-32(19-25)47-21-46-31)20-33(41)38-35-36(42)37-29-10-6-5-9-28(29)34(39-35)22-7-3-2-4-8-22/h2-19,30,35,40H,20-21H2,1H3,(H,37,42)(H,38,41). The van der Waals surface area contributed by atoms with Gasteiger partial charge >= 0.3 is 0 Å². The first-order valence-electron chi connectivity index (χ1n) is 15.1. The molecule has 12 heteroatoms. The lowest BCUT2D eigenvalue weighted by atomic mass is 10.0. The van der Waals surface area contributed by atoms with Crippen molar-refractivity contribution in [1.82, 2.24) is 10.0 Å². The summed E-state index contributed by atoms with van der Waals surface area (Å²) in [5.41, 5.74) is 3.02. The van der Waals surface area contributed by atoms with Crippen molar-refractivity contribution in [3.63, 3.8) is 0 Å². The average molecular weight is 663 g/mol. The molecule has 2 heterocycles. The number of carbonyl (C=O) groups excluding carboxylic acids is 2. The second kappa shape index (κ2) is 12.8. The highest BCUT2D eigenvalue weighted by atomic mass is 32.2. The smallest absolute Gasteiger partial charge is 0.269 e. The van der Waals surface area contributed by atoms with Crippen LogP contribution in [-0.4, -0.2) is 46.0 Å². The quantitative estimate of drug-likeness (QED) is 0.203. The van der Waals surface area contributed by atoms with Gasteiger partial charge in [0.05, 0.1) is 29.4 Å². The van der Waals surface area contributed by atoms with Gasteiger partial charge < -0.3 is 24.8 Å². The molecule has 0 aliphatic carbocycles. The molecule has 48 heavy (non-hydrogen) atoms. The fourth-order valence-electron chi connectivity index (χ4n) is 5.69. The Balaban J connectivity index is 1.19. The second-order valence-electron chi connectivity index (χ2n) is 11.2. The molecule has 0 radical (unpaired) electrons. The van der Waals surface area contributed by atoms with E-state index in [0.29, 0.717) is 45.2 Å². The first-order chi connectivity index (χ1) is 23.3. The van der Waals surface area contributed by atoms with Crippen molar-refractivity contribution in [3.8, 4) is 17.2 Å². The number of carbonyl (C=O) groups is 2. The van der Waals surface area contributed by atoms with E-state index in [2.05, 4.69) is 20.3 Å². The summed E-state index contributed by atoms with van der Waals surface area (Å²) in [6.45, 7) is 0.0263. The van der Waals surface area contributed by atoms with Crippen LogP contribution >= 0.6 is 0 Å². The number of amides is 2. The Morgan fingerprint density at radius 2 is 1.67 bits per heavy atom. The van der Waals surface area contributed by atoms with Crippen LogP contribution in [0.2, 0.25) is 0 Å². The van der Waals surface area contributed by atoms with E-state index in [9.17, 15) is 18.0 Å². The van der Waals surface area contributed by atoms with Gasteiger partial charge in [0.2, 0.25) is 28.9 Å². The van der Waals surface area contributed by atoms with Gasteiger partial charge in [0.25, 0.3) is 5.91 Å². The Kier molecular flexibility index (Phi) is 8.26. The number of benzodiazepines with no additional fused rings is 1. The molecule has 3 N–H and O–H groups in total. The largest absolute Gasteiger partial charge is 0.497 e. The topological polar surface area (TPSA) is 144 Å². The van der Waals surface area contributed by atoms with Gasteiger partial charge in [-0.1, -0.05) is 66.7 Å². The Hall–Kier alpha value is -5.72. The minimum Gasteiger partial charge on any atom is -0.497 e. The Morgan fingerprint density at radius 3 is 2.50 bits per heavy atom. The number of hydrogen-bond donors (Lipinski definition) is 3. The summed E-state index contributed by atoms with van der Waals surface area (Å²) < 4.78 is 46.5. The van der Waals surface area contributed by atoms with Gasteiger partial charge in [0, 0.05) is 17.5 Å². The van der Waals surface area contributed by atoms with E-state index in [0.717, 1.165) is 10.9 Å². The second-order valence-corrected chi connectivity index (χ2v) is 12.9. The molecule has 242 valence electrons. The maximum absolute atomic E-state index is 13.8. The zero-order chi connectivity index (χ0) is 33.3. The van der Waals surface area contributed by atoms with Crippen molar-refractivity contribution >= 4 is 44.0 Å². The molecule has 0 bridgehead atoms. The highest BCUT2D eigenvalue weighted by Crippen LogP contribution is 2.35. The first kappa shape index (κ1) is 30.9. The summed E-state index contributed by atoms with van der Waals surface area (Å²) in [6.07, 6.45) is -1.64.